The van der Waals surface area contributed by atoms with Gasteiger partial charge in [0.1, 0.15) is 0 Å². The topological polar surface area (TPSA) is 55.1 Å². The van der Waals surface area contributed by atoms with Crippen molar-refractivity contribution in [3.8, 4) is 0 Å². The van der Waals surface area contributed by atoms with Crippen molar-refractivity contribution in [2.45, 2.75) is 19.4 Å². The summed E-state index contributed by atoms with van der Waals surface area (Å²) >= 11 is 0. The quantitative estimate of drug-likeness (QED) is 0.730. The van der Waals surface area contributed by atoms with Crippen molar-refractivity contribution >= 4 is 5.91 Å². The molecule has 0 aliphatic carbocycles. The van der Waals surface area contributed by atoms with Crippen LogP contribution in [0.25, 0.3) is 0 Å². The Hall–Kier alpha value is -1.35. The lowest BCUT2D eigenvalue weighted by molar-refractivity contribution is 0.0965. The molecule has 1 aliphatic heterocycles. The maximum Gasteiger partial charge on any atom is 0.251 e. The normalized spacial score (nSPS) is 16.3. The summed E-state index contributed by atoms with van der Waals surface area (Å²) in [5.41, 5.74) is 8.62. The highest BCUT2D eigenvalue weighted by Crippen LogP contribution is 2.21. The average molecular weight is 190 g/mol. The first-order chi connectivity index (χ1) is 6.72. The third kappa shape index (κ3) is 1.40. The van der Waals surface area contributed by atoms with Gasteiger partial charge in [0.2, 0.25) is 0 Å². The van der Waals surface area contributed by atoms with E-state index in [2.05, 4.69) is 18.3 Å². The summed E-state index contributed by atoms with van der Waals surface area (Å²) in [7, 11) is 0. The van der Waals surface area contributed by atoms with Crippen LogP contribution in [-0.2, 0) is 6.54 Å². The van der Waals surface area contributed by atoms with Gasteiger partial charge < -0.3 is 11.1 Å². The molecule has 2 rings (SSSR count). The molecule has 0 fully saturated rings. The number of fused-ring (bicyclic) bond motifs is 1. The van der Waals surface area contributed by atoms with Crippen LogP contribution in [0.1, 0.15) is 34.3 Å². The van der Waals surface area contributed by atoms with E-state index in [1.54, 1.807) is 0 Å². The highest BCUT2D eigenvalue weighted by molar-refractivity contribution is 5.98. The van der Waals surface area contributed by atoms with Crippen LogP contribution in [0, 0.1) is 0 Å². The van der Waals surface area contributed by atoms with Gasteiger partial charge in [0.05, 0.1) is 0 Å². The molecule has 1 aromatic rings. The standard InChI is InChI=1S/C11H14N2O/c1-7(5-12)8-2-3-9-6-13-11(14)10(9)4-8/h2-4,7H,5-6,12H2,1H3,(H,13,14). The average Bonchev–Trinajstić information content (AvgIpc) is 2.59. The van der Waals surface area contributed by atoms with Crippen LogP contribution in [0.5, 0.6) is 0 Å². The van der Waals surface area contributed by atoms with Crippen molar-refractivity contribution < 1.29 is 4.79 Å². The van der Waals surface area contributed by atoms with Crippen LogP contribution in [0.4, 0.5) is 0 Å². The lowest BCUT2D eigenvalue weighted by Gasteiger charge is -2.09. The Kier molecular flexibility index (Phi) is 2.25. The summed E-state index contributed by atoms with van der Waals surface area (Å²) < 4.78 is 0. The second kappa shape index (κ2) is 3.42. The number of hydrogen-bond donors (Lipinski definition) is 2. The van der Waals surface area contributed by atoms with Gasteiger partial charge >= 0.3 is 0 Å². The number of carbonyl (C=O) groups is 1. The summed E-state index contributed by atoms with van der Waals surface area (Å²) in [5, 5.41) is 2.80. The first-order valence-corrected chi connectivity index (χ1v) is 4.83. The molecule has 3 heteroatoms. The molecule has 1 unspecified atom stereocenters. The van der Waals surface area contributed by atoms with Crippen LogP contribution >= 0.6 is 0 Å². The second-order valence-electron chi connectivity index (χ2n) is 3.74. The molecule has 1 heterocycles. The zero-order valence-electron chi connectivity index (χ0n) is 8.21. The smallest absolute Gasteiger partial charge is 0.251 e. The van der Waals surface area contributed by atoms with Crippen molar-refractivity contribution in [3.05, 3.63) is 34.9 Å². The number of rotatable bonds is 2. The fourth-order valence-electron chi connectivity index (χ4n) is 1.67. The van der Waals surface area contributed by atoms with Gasteiger partial charge in [-0.05, 0) is 29.7 Å². The Morgan fingerprint density at radius 2 is 2.36 bits per heavy atom. The molecule has 74 valence electrons. The monoisotopic (exact) mass is 190 g/mol. The van der Waals surface area contributed by atoms with Gasteiger partial charge in [0, 0.05) is 12.1 Å². The molecule has 1 amide bonds. The molecule has 0 bridgehead atoms. The molecular weight excluding hydrogens is 176 g/mol. The lowest BCUT2D eigenvalue weighted by Crippen LogP contribution is -2.13. The van der Waals surface area contributed by atoms with Crippen molar-refractivity contribution in [1.29, 1.82) is 0 Å². The minimum atomic E-state index is 0.0334. The van der Waals surface area contributed by atoms with Gasteiger partial charge in [-0.3, -0.25) is 4.79 Å². The Balaban J connectivity index is 2.39. The first kappa shape index (κ1) is 9.21. The third-order valence-corrected chi connectivity index (χ3v) is 2.74. The fourth-order valence-corrected chi connectivity index (χ4v) is 1.67. The van der Waals surface area contributed by atoms with Crippen LogP contribution in [0.15, 0.2) is 18.2 Å². The van der Waals surface area contributed by atoms with Gasteiger partial charge in [-0.25, -0.2) is 0 Å². The largest absolute Gasteiger partial charge is 0.348 e. The number of carbonyl (C=O) groups excluding carboxylic acids is 1. The molecule has 0 aromatic heterocycles. The Morgan fingerprint density at radius 3 is 3.07 bits per heavy atom. The van der Waals surface area contributed by atoms with Gasteiger partial charge in [-0.15, -0.1) is 0 Å². The van der Waals surface area contributed by atoms with E-state index in [1.165, 1.54) is 0 Å². The molecule has 14 heavy (non-hydrogen) atoms. The molecule has 1 aromatic carbocycles. The molecular formula is C11H14N2O. The predicted octanol–water partition coefficient (Wildman–Crippen LogP) is 0.992. The molecule has 3 N–H and O–H groups in total. The van der Waals surface area contributed by atoms with Gasteiger partial charge in [0.25, 0.3) is 5.91 Å². The molecule has 0 spiro atoms. The number of amides is 1. The summed E-state index contributed by atoms with van der Waals surface area (Å²) in [5.74, 6) is 0.347. The number of hydrogen-bond acceptors (Lipinski definition) is 2. The van der Waals surface area contributed by atoms with E-state index in [1.807, 2.05) is 12.1 Å². The zero-order chi connectivity index (χ0) is 10.1. The SMILES string of the molecule is CC(CN)c1ccc2c(c1)C(=O)NC2. The van der Waals surface area contributed by atoms with Gasteiger partial charge in [0.15, 0.2) is 0 Å². The van der Waals surface area contributed by atoms with E-state index in [-0.39, 0.29) is 5.91 Å². The predicted molar refractivity (Wildman–Crippen MR) is 55.1 cm³/mol. The molecule has 0 saturated carbocycles. The molecule has 0 saturated heterocycles. The Labute approximate surface area is 83.3 Å². The number of nitrogens with two attached hydrogens (primary N) is 1. The molecule has 1 aliphatic rings. The molecule has 1 atom stereocenters. The van der Waals surface area contributed by atoms with E-state index >= 15 is 0 Å². The van der Waals surface area contributed by atoms with E-state index in [0.717, 1.165) is 16.7 Å². The molecule has 0 radical (unpaired) electrons. The summed E-state index contributed by atoms with van der Waals surface area (Å²) in [6.45, 7) is 3.33. The summed E-state index contributed by atoms with van der Waals surface area (Å²) in [6, 6.07) is 6.01. The highest BCUT2D eigenvalue weighted by Gasteiger charge is 2.19. The molecule has 3 nitrogen and oxygen atoms in total. The van der Waals surface area contributed by atoms with E-state index < -0.39 is 0 Å². The maximum absolute atomic E-state index is 11.4. The lowest BCUT2D eigenvalue weighted by atomic mass is 9.97. The maximum atomic E-state index is 11.4. The van der Waals surface area contributed by atoms with Crippen molar-refractivity contribution in [3.63, 3.8) is 0 Å². The van der Waals surface area contributed by atoms with E-state index in [4.69, 9.17) is 5.73 Å². The summed E-state index contributed by atoms with van der Waals surface area (Å²) in [6.07, 6.45) is 0. The fraction of sp³-hybridized carbons (Fsp3) is 0.364. The van der Waals surface area contributed by atoms with Crippen molar-refractivity contribution in [2.75, 3.05) is 6.54 Å². The van der Waals surface area contributed by atoms with Gasteiger partial charge in [-0.2, -0.15) is 0 Å². The third-order valence-electron chi connectivity index (χ3n) is 2.74. The van der Waals surface area contributed by atoms with Crippen molar-refractivity contribution in [1.82, 2.24) is 5.32 Å². The van der Waals surface area contributed by atoms with Crippen molar-refractivity contribution in [2.24, 2.45) is 5.73 Å². The summed E-state index contributed by atoms with van der Waals surface area (Å²) in [4.78, 5) is 11.4. The Morgan fingerprint density at radius 1 is 1.57 bits per heavy atom. The zero-order valence-corrected chi connectivity index (χ0v) is 8.21. The number of nitrogens with one attached hydrogen (secondary N) is 1. The second-order valence-corrected chi connectivity index (χ2v) is 3.74. The van der Waals surface area contributed by atoms with Crippen LogP contribution in [0.2, 0.25) is 0 Å². The van der Waals surface area contributed by atoms with Crippen LogP contribution in [0.3, 0.4) is 0 Å². The van der Waals surface area contributed by atoms with Crippen LogP contribution < -0.4 is 11.1 Å². The first-order valence-electron chi connectivity index (χ1n) is 4.83. The minimum absolute atomic E-state index is 0.0334. The minimum Gasteiger partial charge on any atom is -0.348 e. The van der Waals surface area contributed by atoms with E-state index in [0.29, 0.717) is 19.0 Å². The Bertz CT molecular complexity index is 374. The van der Waals surface area contributed by atoms with E-state index in [9.17, 15) is 4.79 Å². The van der Waals surface area contributed by atoms with Crippen LogP contribution in [-0.4, -0.2) is 12.5 Å². The highest BCUT2D eigenvalue weighted by atomic mass is 16.1. The number of benzene rings is 1. The van der Waals surface area contributed by atoms with Gasteiger partial charge in [-0.1, -0.05) is 19.1 Å².